The second kappa shape index (κ2) is 4.81. The van der Waals surface area contributed by atoms with Gasteiger partial charge in [-0.15, -0.1) is 0 Å². The lowest BCUT2D eigenvalue weighted by Crippen LogP contribution is -2.17. The fraction of sp³-hybridized carbons (Fsp3) is 0.312. The number of anilines is 1. The van der Waals surface area contributed by atoms with Gasteiger partial charge >= 0.3 is 0 Å². The maximum atomic E-state index is 4.59. The summed E-state index contributed by atoms with van der Waals surface area (Å²) >= 11 is 0. The average molecular weight is 238 g/mol. The van der Waals surface area contributed by atoms with Crippen LogP contribution in [-0.4, -0.2) is 18.1 Å². The van der Waals surface area contributed by atoms with E-state index in [0.717, 1.165) is 11.4 Å². The van der Waals surface area contributed by atoms with Crippen LogP contribution < -0.4 is 4.90 Å². The van der Waals surface area contributed by atoms with Crippen LogP contribution in [0.1, 0.15) is 18.5 Å². The minimum atomic E-state index is 1.07. The predicted molar refractivity (Wildman–Crippen MR) is 75.9 cm³/mol. The molecule has 1 saturated heterocycles. The standard InChI is InChI=1S/C16H18N2/c1-13-6-4-9-16(17-13)14-7-5-8-15(12-14)18-10-2-3-11-18/h4-9,12H,2-3,10-11H2,1H3. The van der Waals surface area contributed by atoms with Crippen molar-refractivity contribution < 1.29 is 0 Å². The second-order valence-corrected chi connectivity index (χ2v) is 4.91. The molecule has 0 saturated carbocycles. The Morgan fingerprint density at radius 1 is 1.00 bits per heavy atom. The van der Waals surface area contributed by atoms with Gasteiger partial charge in [0.05, 0.1) is 5.69 Å². The smallest absolute Gasteiger partial charge is 0.0705 e. The molecule has 0 radical (unpaired) electrons. The van der Waals surface area contributed by atoms with Gasteiger partial charge in [0.25, 0.3) is 0 Å². The van der Waals surface area contributed by atoms with E-state index in [0.29, 0.717) is 0 Å². The first-order valence-corrected chi connectivity index (χ1v) is 6.62. The van der Waals surface area contributed by atoms with Crippen molar-refractivity contribution in [3.8, 4) is 11.3 Å². The van der Waals surface area contributed by atoms with E-state index >= 15 is 0 Å². The van der Waals surface area contributed by atoms with Gasteiger partial charge in [-0.05, 0) is 44.0 Å². The minimum absolute atomic E-state index is 1.07. The van der Waals surface area contributed by atoms with Crippen LogP contribution in [0.15, 0.2) is 42.5 Å². The molecule has 1 aliphatic heterocycles. The molecule has 0 bridgehead atoms. The molecular weight excluding hydrogens is 220 g/mol. The maximum Gasteiger partial charge on any atom is 0.0705 e. The molecule has 1 aromatic heterocycles. The van der Waals surface area contributed by atoms with Crippen LogP contribution in [0.4, 0.5) is 5.69 Å². The zero-order valence-electron chi connectivity index (χ0n) is 10.8. The molecular formula is C16H18N2. The van der Waals surface area contributed by atoms with Crippen LogP contribution in [0.3, 0.4) is 0 Å². The number of hydrogen-bond acceptors (Lipinski definition) is 2. The van der Waals surface area contributed by atoms with E-state index in [-0.39, 0.29) is 0 Å². The summed E-state index contributed by atoms with van der Waals surface area (Å²) in [5.74, 6) is 0. The molecule has 1 aliphatic rings. The zero-order chi connectivity index (χ0) is 12.4. The van der Waals surface area contributed by atoms with Crippen molar-refractivity contribution in [2.45, 2.75) is 19.8 Å². The molecule has 2 nitrogen and oxygen atoms in total. The summed E-state index contributed by atoms with van der Waals surface area (Å²) in [4.78, 5) is 7.05. The molecule has 2 heteroatoms. The molecule has 0 N–H and O–H groups in total. The van der Waals surface area contributed by atoms with Gasteiger partial charge in [-0.3, -0.25) is 4.98 Å². The number of nitrogens with zero attached hydrogens (tertiary/aromatic N) is 2. The average Bonchev–Trinajstić information content (AvgIpc) is 2.93. The maximum absolute atomic E-state index is 4.59. The Morgan fingerprint density at radius 2 is 1.78 bits per heavy atom. The lowest BCUT2D eigenvalue weighted by atomic mass is 10.1. The second-order valence-electron chi connectivity index (χ2n) is 4.91. The lowest BCUT2D eigenvalue weighted by Gasteiger charge is -2.18. The van der Waals surface area contributed by atoms with Gasteiger partial charge in [0, 0.05) is 30.0 Å². The predicted octanol–water partition coefficient (Wildman–Crippen LogP) is 3.66. The monoisotopic (exact) mass is 238 g/mol. The summed E-state index contributed by atoms with van der Waals surface area (Å²) in [6, 6.07) is 14.9. The number of aromatic nitrogens is 1. The van der Waals surface area contributed by atoms with Crippen LogP contribution in [0.2, 0.25) is 0 Å². The van der Waals surface area contributed by atoms with Gasteiger partial charge in [-0.25, -0.2) is 0 Å². The van der Waals surface area contributed by atoms with Crippen LogP contribution in [0.25, 0.3) is 11.3 Å². The Morgan fingerprint density at radius 3 is 2.56 bits per heavy atom. The molecule has 0 atom stereocenters. The van der Waals surface area contributed by atoms with E-state index in [9.17, 15) is 0 Å². The van der Waals surface area contributed by atoms with Crippen molar-refractivity contribution in [3.63, 3.8) is 0 Å². The largest absolute Gasteiger partial charge is 0.372 e. The van der Waals surface area contributed by atoms with Crippen molar-refractivity contribution in [3.05, 3.63) is 48.2 Å². The third kappa shape index (κ3) is 2.23. The first-order chi connectivity index (χ1) is 8.83. The molecule has 0 spiro atoms. The molecule has 18 heavy (non-hydrogen) atoms. The van der Waals surface area contributed by atoms with E-state index in [2.05, 4.69) is 46.3 Å². The number of pyridine rings is 1. The highest BCUT2D eigenvalue weighted by Crippen LogP contribution is 2.25. The van der Waals surface area contributed by atoms with E-state index in [1.165, 1.54) is 37.2 Å². The highest BCUT2D eigenvalue weighted by molar-refractivity contribution is 5.65. The van der Waals surface area contributed by atoms with Crippen LogP contribution in [0, 0.1) is 6.92 Å². The number of hydrogen-bond donors (Lipinski definition) is 0. The first-order valence-electron chi connectivity index (χ1n) is 6.62. The summed E-state index contributed by atoms with van der Waals surface area (Å²) in [6.45, 7) is 4.41. The Balaban J connectivity index is 1.95. The van der Waals surface area contributed by atoms with E-state index in [1.54, 1.807) is 0 Å². The normalized spacial score (nSPS) is 15.1. The quantitative estimate of drug-likeness (QED) is 0.793. The van der Waals surface area contributed by atoms with Gasteiger partial charge in [0.15, 0.2) is 0 Å². The molecule has 1 aromatic carbocycles. The summed E-state index contributed by atoms with van der Waals surface area (Å²) in [6.07, 6.45) is 2.62. The number of aryl methyl sites for hydroxylation is 1. The van der Waals surface area contributed by atoms with E-state index < -0.39 is 0 Å². The summed E-state index contributed by atoms with van der Waals surface area (Å²) < 4.78 is 0. The third-order valence-electron chi connectivity index (χ3n) is 3.50. The van der Waals surface area contributed by atoms with Crippen molar-refractivity contribution in [1.29, 1.82) is 0 Å². The highest BCUT2D eigenvalue weighted by Gasteiger charge is 2.12. The van der Waals surface area contributed by atoms with Gasteiger partial charge in [-0.2, -0.15) is 0 Å². The third-order valence-corrected chi connectivity index (χ3v) is 3.50. The van der Waals surface area contributed by atoms with Crippen LogP contribution in [-0.2, 0) is 0 Å². The molecule has 3 rings (SSSR count). The zero-order valence-corrected chi connectivity index (χ0v) is 10.8. The molecule has 0 aliphatic carbocycles. The number of benzene rings is 1. The van der Waals surface area contributed by atoms with Crippen molar-refractivity contribution in [2.24, 2.45) is 0 Å². The SMILES string of the molecule is Cc1cccc(-c2cccc(N3CCCC3)c2)n1. The van der Waals surface area contributed by atoms with Gasteiger partial charge < -0.3 is 4.90 Å². The molecule has 1 fully saturated rings. The molecule has 0 amide bonds. The fourth-order valence-corrected chi connectivity index (χ4v) is 2.54. The minimum Gasteiger partial charge on any atom is -0.372 e. The molecule has 2 aromatic rings. The Kier molecular flexibility index (Phi) is 3.01. The fourth-order valence-electron chi connectivity index (χ4n) is 2.54. The topological polar surface area (TPSA) is 16.1 Å². The first kappa shape index (κ1) is 11.3. The molecule has 2 heterocycles. The van der Waals surface area contributed by atoms with Gasteiger partial charge in [0.1, 0.15) is 0 Å². The van der Waals surface area contributed by atoms with Crippen LogP contribution >= 0.6 is 0 Å². The van der Waals surface area contributed by atoms with Crippen molar-refractivity contribution in [1.82, 2.24) is 4.98 Å². The molecule has 0 unspecified atom stereocenters. The van der Waals surface area contributed by atoms with Gasteiger partial charge in [0.2, 0.25) is 0 Å². The summed E-state index contributed by atoms with van der Waals surface area (Å²) in [5, 5.41) is 0. The summed E-state index contributed by atoms with van der Waals surface area (Å²) in [5.41, 5.74) is 4.67. The Labute approximate surface area is 108 Å². The highest BCUT2D eigenvalue weighted by atomic mass is 15.1. The Hall–Kier alpha value is -1.83. The summed E-state index contributed by atoms with van der Waals surface area (Å²) in [7, 11) is 0. The lowest BCUT2D eigenvalue weighted by molar-refractivity contribution is 0.949. The van der Waals surface area contributed by atoms with Gasteiger partial charge in [-0.1, -0.05) is 18.2 Å². The van der Waals surface area contributed by atoms with E-state index in [1.807, 2.05) is 13.0 Å². The van der Waals surface area contributed by atoms with Crippen molar-refractivity contribution in [2.75, 3.05) is 18.0 Å². The van der Waals surface area contributed by atoms with Crippen molar-refractivity contribution >= 4 is 5.69 Å². The van der Waals surface area contributed by atoms with E-state index in [4.69, 9.17) is 0 Å². The Bertz CT molecular complexity index is 542. The number of rotatable bonds is 2. The van der Waals surface area contributed by atoms with Crippen LogP contribution in [0.5, 0.6) is 0 Å². The molecule has 92 valence electrons.